The SMILES string of the molecule is CC(=O)c1c(C)[nH]c(C(=O)CN[C@H](C)c2ccc(Cl)cc2)c1C. The summed E-state index contributed by atoms with van der Waals surface area (Å²) in [6.07, 6.45) is 0. The fraction of sp³-hybridized carbons (Fsp3) is 0.333. The van der Waals surface area contributed by atoms with Gasteiger partial charge in [-0.05, 0) is 51.0 Å². The van der Waals surface area contributed by atoms with Crippen molar-refractivity contribution in [2.45, 2.75) is 33.7 Å². The van der Waals surface area contributed by atoms with Crippen LogP contribution in [0.1, 0.15) is 57.6 Å². The molecular weight excluding hydrogens is 312 g/mol. The number of rotatable bonds is 6. The summed E-state index contributed by atoms with van der Waals surface area (Å²) in [5.41, 5.74) is 3.64. The Morgan fingerprint density at radius 3 is 2.35 bits per heavy atom. The van der Waals surface area contributed by atoms with Crippen molar-refractivity contribution in [3.8, 4) is 0 Å². The molecule has 2 aromatic rings. The number of hydrogen-bond acceptors (Lipinski definition) is 3. The van der Waals surface area contributed by atoms with E-state index in [0.717, 1.165) is 16.8 Å². The number of aromatic nitrogens is 1. The fourth-order valence-corrected chi connectivity index (χ4v) is 2.89. The molecule has 1 aromatic heterocycles. The Hall–Kier alpha value is -1.91. The van der Waals surface area contributed by atoms with Crippen molar-refractivity contribution in [2.75, 3.05) is 6.54 Å². The number of halogens is 1. The predicted octanol–water partition coefficient (Wildman–Crippen LogP) is 4.02. The van der Waals surface area contributed by atoms with Crippen molar-refractivity contribution in [2.24, 2.45) is 0 Å². The lowest BCUT2D eigenvalue weighted by Crippen LogP contribution is -2.26. The molecule has 0 aliphatic heterocycles. The van der Waals surface area contributed by atoms with Gasteiger partial charge in [-0.1, -0.05) is 23.7 Å². The maximum Gasteiger partial charge on any atom is 0.193 e. The number of H-pyrrole nitrogens is 1. The number of carbonyl (C=O) groups is 2. The Bertz CT molecular complexity index is 732. The number of benzene rings is 1. The number of ketones is 2. The van der Waals surface area contributed by atoms with Crippen LogP contribution < -0.4 is 5.32 Å². The molecule has 5 heteroatoms. The average Bonchev–Trinajstić information content (AvgIpc) is 2.80. The van der Waals surface area contributed by atoms with Gasteiger partial charge >= 0.3 is 0 Å². The summed E-state index contributed by atoms with van der Waals surface area (Å²) in [5, 5.41) is 3.89. The molecule has 0 saturated carbocycles. The molecule has 122 valence electrons. The Kier molecular flexibility index (Phi) is 5.39. The molecule has 1 aromatic carbocycles. The van der Waals surface area contributed by atoms with Crippen molar-refractivity contribution in [1.82, 2.24) is 10.3 Å². The Balaban J connectivity index is 2.07. The van der Waals surface area contributed by atoms with Crippen LogP contribution in [0.4, 0.5) is 0 Å². The highest BCUT2D eigenvalue weighted by atomic mass is 35.5. The first-order valence-corrected chi connectivity index (χ1v) is 7.91. The van der Waals surface area contributed by atoms with E-state index in [2.05, 4.69) is 10.3 Å². The van der Waals surface area contributed by atoms with Gasteiger partial charge in [0.05, 0.1) is 12.2 Å². The molecule has 0 spiro atoms. The van der Waals surface area contributed by atoms with Crippen molar-refractivity contribution >= 4 is 23.2 Å². The lowest BCUT2D eigenvalue weighted by molar-refractivity contribution is 0.0982. The van der Waals surface area contributed by atoms with Crippen molar-refractivity contribution in [1.29, 1.82) is 0 Å². The Morgan fingerprint density at radius 1 is 1.22 bits per heavy atom. The predicted molar refractivity (Wildman–Crippen MR) is 92.5 cm³/mol. The zero-order valence-electron chi connectivity index (χ0n) is 13.8. The molecule has 0 bridgehead atoms. The first-order valence-electron chi connectivity index (χ1n) is 7.53. The van der Waals surface area contributed by atoms with Gasteiger partial charge in [-0.2, -0.15) is 0 Å². The van der Waals surface area contributed by atoms with Crippen LogP contribution in [-0.2, 0) is 0 Å². The molecule has 0 radical (unpaired) electrons. The van der Waals surface area contributed by atoms with E-state index in [4.69, 9.17) is 11.6 Å². The highest BCUT2D eigenvalue weighted by molar-refractivity contribution is 6.30. The molecule has 0 amide bonds. The third kappa shape index (κ3) is 3.89. The van der Waals surface area contributed by atoms with Crippen LogP contribution in [0.2, 0.25) is 5.02 Å². The van der Waals surface area contributed by atoms with Crippen molar-refractivity contribution in [3.05, 3.63) is 57.4 Å². The highest BCUT2D eigenvalue weighted by Gasteiger charge is 2.20. The van der Waals surface area contributed by atoms with Crippen LogP contribution in [0, 0.1) is 13.8 Å². The van der Waals surface area contributed by atoms with E-state index >= 15 is 0 Å². The molecule has 2 rings (SSSR count). The molecule has 0 unspecified atom stereocenters. The molecule has 0 saturated heterocycles. The summed E-state index contributed by atoms with van der Waals surface area (Å²) >= 11 is 5.88. The Morgan fingerprint density at radius 2 is 1.83 bits per heavy atom. The van der Waals surface area contributed by atoms with Crippen LogP contribution >= 0.6 is 11.6 Å². The van der Waals surface area contributed by atoms with E-state index in [-0.39, 0.29) is 24.2 Å². The summed E-state index contributed by atoms with van der Waals surface area (Å²) in [6.45, 7) is 7.31. The topological polar surface area (TPSA) is 62.0 Å². The summed E-state index contributed by atoms with van der Waals surface area (Å²) in [5.74, 6) is -0.0864. The van der Waals surface area contributed by atoms with Crippen LogP contribution in [0.3, 0.4) is 0 Å². The zero-order valence-corrected chi connectivity index (χ0v) is 14.5. The molecule has 0 fully saturated rings. The minimum atomic E-state index is -0.0566. The molecule has 23 heavy (non-hydrogen) atoms. The maximum absolute atomic E-state index is 12.4. The van der Waals surface area contributed by atoms with Gasteiger partial charge in [-0.15, -0.1) is 0 Å². The van der Waals surface area contributed by atoms with Gasteiger partial charge in [0.2, 0.25) is 0 Å². The summed E-state index contributed by atoms with van der Waals surface area (Å²) in [7, 11) is 0. The standard InChI is InChI=1S/C18H21ClN2O2/c1-10-17(13(4)22)12(3)21-18(10)16(23)9-20-11(2)14-5-7-15(19)8-6-14/h5-8,11,20-21H,9H2,1-4H3/t11-/m1/s1. The van der Waals surface area contributed by atoms with Crippen LogP contribution in [0.5, 0.6) is 0 Å². The smallest absolute Gasteiger partial charge is 0.193 e. The van der Waals surface area contributed by atoms with Crippen molar-refractivity contribution in [3.63, 3.8) is 0 Å². The van der Waals surface area contributed by atoms with Gasteiger partial charge in [0.15, 0.2) is 11.6 Å². The van der Waals surface area contributed by atoms with E-state index in [1.165, 1.54) is 6.92 Å². The quantitative estimate of drug-likeness (QED) is 0.785. The first-order chi connectivity index (χ1) is 10.8. The molecule has 0 aliphatic rings. The minimum Gasteiger partial charge on any atom is -0.355 e. The van der Waals surface area contributed by atoms with Gasteiger partial charge in [0, 0.05) is 22.3 Å². The summed E-state index contributed by atoms with van der Waals surface area (Å²) in [6, 6.07) is 7.55. The van der Waals surface area contributed by atoms with Crippen LogP contribution in [-0.4, -0.2) is 23.1 Å². The Labute approximate surface area is 141 Å². The average molecular weight is 333 g/mol. The maximum atomic E-state index is 12.4. The van der Waals surface area contributed by atoms with Crippen LogP contribution in [0.25, 0.3) is 0 Å². The number of Topliss-reactive ketones (excluding diaryl/α,β-unsaturated/α-hetero) is 2. The van der Waals surface area contributed by atoms with Gasteiger partial charge in [0.25, 0.3) is 0 Å². The number of aryl methyl sites for hydroxylation is 1. The zero-order chi connectivity index (χ0) is 17.1. The van der Waals surface area contributed by atoms with Gasteiger partial charge in [0.1, 0.15) is 0 Å². The van der Waals surface area contributed by atoms with Gasteiger partial charge in [-0.3, -0.25) is 9.59 Å². The number of hydrogen-bond donors (Lipinski definition) is 2. The largest absolute Gasteiger partial charge is 0.355 e. The molecular formula is C18H21ClN2O2. The second-order valence-corrected chi connectivity index (χ2v) is 6.19. The fourth-order valence-electron chi connectivity index (χ4n) is 2.76. The molecule has 1 atom stereocenters. The van der Waals surface area contributed by atoms with Gasteiger partial charge in [-0.25, -0.2) is 0 Å². The second kappa shape index (κ2) is 7.11. The molecule has 2 N–H and O–H groups in total. The van der Waals surface area contributed by atoms with E-state index in [1.807, 2.05) is 38.1 Å². The highest BCUT2D eigenvalue weighted by Crippen LogP contribution is 2.19. The lowest BCUT2D eigenvalue weighted by atomic mass is 10.0. The molecule has 4 nitrogen and oxygen atoms in total. The normalized spacial score (nSPS) is 12.2. The third-order valence-corrected chi connectivity index (χ3v) is 4.26. The molecule has 0 aliphatic carbocycles. The number of nitrogens with one attached hydrogen (secondary N) is 2. The van der Waals surface area contributed by atoms with Crippen LogP contribution in [0.15, 0.2) is 24.3 Å². The van der Waals surface area contributed by atoms with Crippen molar-refractivity contribution < 1.29 is 9.59 Å². The monoisotopic (exact) mass is 332 g/mol. The number of aromatic amines is 1. The minimum absolute atomic E-state index is 0.0276. The number of carbonyl (C=O) groups excluding carboxylic acids is 2. The lowest BCUT2D eigenvalue weighted by Gasteiger charge is -2.13. The summed E-state index contributed by atoms with van der Waals surface area (Å²) in [4.78, 5) is 27.1. The van der Waals surface area contributed by atoms with Gasteiger partial charge < -0.3 is 10.3 Å². The third-order valence-electron chi connectivity index (χ3n) is 4.01. The van der Waals surface area contributed by atoms with E-state index in [9.17, 15) is 9.59 Å². The van der Waals surface area contributed by atoms with E-state index < -0.39 is 0 Å². The molecule has 1 heterocycles. The second-order valence-electron chi connectivity index (χ2n) is 5.76. The van der Waals surface area contributed by atoms with E-state index in [0.29, 0.717) is 16.3 Å². The summed E-state index contributed by atoms with van der Waals surface area (Å²) < 4.78 is 0. The van der Waals surface area contributed by atoms with E-state index in [1.54, 1.807) is 6.92 Å². The first kappa shape index (κ1) is 17.4.